The van der Waals surface area contributed by atoms with Crippen molar-refractivity contribution in [2.45, 2.75) is 12.5 Å². The Morgan fingerprint density at radius 3 is 2.67 bits per heavy atom. The zero-order valence-electron chi connectivity index (χ0n) is 13.4. The molecule has 1 aromatic heterocycles. The highest BCUT2D eigenvalue weighted by atomic mass is 32.2. The van der Waals surface area contributed by atoms with Gasteiger partial charge in [-0.25, -0.2) is 4.39 Å². The molecule has 2 aromatic rings. The minimum Gasteiger partial charge on any atom is -0.468 e. The smallest absolute Gasteiger partial charge is 0.224 e. The van der Waals surface area contributed by atoms with Crippen LogP contribution in [0, 0.1) is 5.82 Å². The van der Waals surface area contributed by atoms with Crippen molar-refractivity contribution in [3.8, 4) is 0 Å². The molecule has 6 heteroatoms. The molecule has 0 bridgehead atoms. The van der Waals surface area contributed by atoms with Gasteiger partial charge in [0.2, 0.25) is 5.91 Å². The molecule has 1 fully saturated rings. The molecular formula is C18H21FN2O2S. The molecule has 3 rings (SSSR count). The number of hydrogen-bond acceptors (Lipinski definition) is 4. The second kappa shape index (κ2) is 8.35. The average Bonchev–Trinajstić information content (AvgIpc) is 3.12. The van der Waals surface area contributed by atoms with Crippen LogP contribution in [0.25, 0.3) is 0 Å². The Morgan fingerprint density at radius 1 is 1.25 bits per heavy atom. The lowest BCUT2D eigenvalue weighted by atomic mass is 10.1. The van der Waals surface area contributed by atoms with E-state index < -0.39 is 0 Å². The fourth-order valence-corrected chi connectivity index (χ4v) is 3.77. The number of nitrogens with one attached hydrogen (secondary N) is 1. The van der Waals surface area contributed by atoms with Crippen molar-refractivity contribution in [2.24, 2.45) is 0 Å². The SMILES string of the molecule is O=C(Cc1ccc(F)cc1)NCC(c1ccco1)N1CCSCC1. The molecule has 128 valence electrons. The lowest BCUT2D eigenvalue weighted by molar-refractivity contribution is -0.120. The number of nitrogens with zero attached hydrogens (tertiary/aromatic N) is 1. The highest BCUT2D eigenvalue weighted by molar-refractivity contribution is 7.99. The molecule has 0 spiro atoms. The van der Waals surface area contributed by atoms with Crippen molar-refractivity contribution in [1.82, 2.24) is 10.2 Å². The monoisotopic (exact) mass is 348 g/mol. The normalized spacial score (nSPS) is 16.7. The molecule has 1 atom stereocenters. The number of carbonyl (C=O) groups is 1. The van der Waals surface area contributed by atoms with Gasteiger partial charge in [0.25, 0.3) is 0 Å². The first kappa shape index (κ1) is 17.0. The Balaban J connectivity index is 1.58. The average molecular weight is 348 g/mol. The number of benzene rings is 1. The second-order valence-electron chi connectivity index (χ2n) is 5.79. The highest BCUT2D eigenvalue weighted by Crippen LogP contribution is 2.24. The molecule has 1 N–H and O–H groups in total. The predicted molar refractivity (Wildman–Crippen MR) is 93.5 cm³/mol. The maximum atomic E-state index is 12.9. The fraction of sp³-hybridized carbons (Fsp3) is 0.389. The molecule has 4 nitrogen and oxygen atoms in total. The first-order valence-corrected chi connectivity index (χ1v) is 9.24. The molecule has 24 heavy (non-hydrogen) atoms. The Morgan fingerprint density at radius 2 is 2.00 bits per heavy atom. The standard InChI is InChI=1S/C18H21FN2O2S/c19-15-5-3-14(4-6-15)12-18(22)20-13-16(17-2-1-9-23-17)21-7-10-24-11-8-21/h1-6,9,16H,7-8,10-13H2,(H,20,22). The van der Waals surface area contributed by atoms with Gasteiger partial charge in [0.15, 0.2) is 0 Å². The van der Waals surface area contributed by atoms with E-state index in [-0.39, 0.29) is 24.2 Å². The second-order valence-corrected chi connectivity index (χ2v) is 7.01. The maximum absolute atomic E-state index is 12.9. The van der Waals surface area contributed by atoms with Crippen LogP contribution < -0.4 is 5.32 Å². The summed E-state index contributed by atoms with van der Waals surface area (Å²) in [6.07, 6.45) is 1.92. The van der Waals surface area contributed by atoms with Crippen molar-refractivity contribution in [2.75, 3.05) is 31.1 Å². The highest BCUT2D eigenvalue weighted by Gasteiger charge is 2.25. The van der Waals surface area contributed by atoms with Gasteiger partial charge >= 0.3 is 0 Å². The van der Waals surface area contributed by atoms with E-state index >= 15 is 0 Å². The summed E-state index contributed by atoms with van der Waals surface area (Å²) in [4.78, 5) is 14.6. The van der Waals surface area contributed by atoms with Crippen LogP contribution in [0.5, 0.6) is 0 Å². The topological polar surface area (TPSA) is 45.5 Å². The van der Waals surface area contributed by atoms with E-state index in [0.717, 1.165) is 35.9 Å². The predicted octanol–water partition coefficient (Wildman–Crippen LogP) is 2.87. The molecule has 0 radical (unpaired) electrons. The molecular weight excluding hydrogens is 327 g/mol. The first-order chi connectivity index (χ1) is 11.7. The minimum atomic E-state index is -0.292. The number of carbonyl (C=O) groups excluding carboxylic acids is 1. The van der Waals surface area contributed by atoms with E-state index in [2.05, 4.69) is 10.2 Å². The number of thioether (sulfide) groups is 1. The van der Waals surface area contributed by atoms with Crippen LogP contribution in [-0.2, 0) is 11.2 Å². The van der Waals surface area contributed by atoms with Crippen LogP contribution in [0.15, 0.2) is 47.1 Å². The first-order valence-electron chi connectivity index (χ1n) is 8.09. The van der Waals surface area contributed by atoms with Gasteiger partial charge in [0, 0.05) is 31.1 Å². The van der Waals surface area contributed by atoms with Gasteiger partial charge in [0.1, 0.15) is 11.6 Å². The Kier molecular flexibility index (Phi) is 5.93. The van der Waals surface area contributed by atoms with Gasteiger partial charge in [-0.2, -0.15) is 11.8 Å². The van der Waals surface area contributed by atoms with Crippen LogP contribution >= 0.6 is 11.8 Å². The maximum Gasteiger partial charge on any atom is 0.224 e. The van der Waals surface area contributed by atoms with Gasteiger partial charge in [-0.05, 0) is 29.8 Å². The fourth-order valence-electron chi connectivity index (χ4n) is 2.84. The number of rotatable bonds is 6. The van der Waals surface area contributed by atoms with Gasteiger partial charge < -0.3 is 9.73 Å². The Labute approximate surface area is 145 Å². The molecule has 1 unspecified atom stereocenters. The van der Waals surface area contributed by atoms with E-state index in [1.54, 1.807) is 18.4 Å². The summed E-state index contributed by atoms with van der Waals surface area (Å²) in [5, 5.41) is 2.99. The van der Waals surface area contributed by atoms with E-state index in [4.69, 9.17) is 4.42 Å². The van der Waals surface area contributed by atoms with Crippen molar-refractivity contribution < 1.29 is 13.6 Å². The van der Waals surface area contributed by atoms with E-state index in [9.17, 15) is 9.18 Å². The third-order valence-electron chi connectivity index (χ3n) is 4.13. The van der Waals surface area contributed by atoms with Crippen LogP contribution in [-0.4, -0.2) is 41.9 Å². The summed E-state index contributed by atoms with van der Waals surface area (Å²) >= 11 is 1.95. The summed E-state index contributed by atoms with van der Waals surface area (Å²) in [6, 6.07) is 9.92. The van der Waals surface area contributed by atoms with Crippen molar-refractivity contribution in [3.63, 3.8) is 0 Å². The van der Waals surface area contributed by atoms with Gasteiger partial charge in [0.05, 0.1) is 18.7 Å². The van der Waals surface area contributed by atoms with Gasteiger partial charge in [-0.1, -0.05) is 12.1 Å². The number of amides is 1. The van der Waals surface area contributed by atoms with Crippen LogP contribution in [0.1, 0.15) is 17.4 Å². The van der Waals surface area contributed by atoms with Crippen molar-refractivity contribution in [3.05, 3.63) is 59.8 Å². The van der Waals surface area contributed by atoms with Gasteiger partial charge in [-0.15, -0.1) is 0 Å². The van der Waals surface area contributed by atoms with Crippen LogP contribution in [0.2, 0.25) is 0 Å². The molecule has 1 saturated heterocycles. The zero-order valence-corrected chi connectivity index (χ0v) is 14.2. The van der Waals surface area contributed by atoms with Crippen molar-refractivity contribution in [1.29, 1.82) is 0 Å². The largest absolute Gasteiger partial charge is 0.468 e. The summed E-state index contributed by atoms with van der Waals surface area (Å²) in [6.45, 7) is 2.49. The molecule has 1 aromatic carbocycles. The zero-order chi connectivity index (χ0) is 16.8. The summed E-state index contributed by atoms with van der Waals surface area (Å²) in [7, 11) is 0. The minimum absolute atomic E-state index is 0.0538. The Hall–Kier alpha value is -1.79. The van der Waals surface area contributed by atoms with E-state index in [1.165, 1.54) is 12.1 Å². The van der Waals surface area contributed by atoms with E-state index in [1.807, 2.05) is 23.9 Å². The number of halogens is 1. The van der Waals surface area contributed by atoms with Crippen molar-refractivity contribution >= 4 is 17.7 Å². The van der Waals surface area contributed by atoms with Crippen LogP contribution in [0.3, 0.4) is 0 Å². The number of hydrogen-bond donors (Lipinski definition) is 1. The molecule has 2 heterocycles. The molecule has 1 amide bonds. The Bertz CT molecular complexity index is 640. The summed E-state index contributed by atoms with van der Waals surface area (Å²) in [5.74, 6) is 2.72. The number of furan rings is 1. The quantitative estimate of drug-likeness (QED) is 0.872. The third kappa shape index (κ3) is 4.61. The van der Waals surface area contributed by atoms with Crippen LogP contribution in [0.4, 0.5) is 4.39 Å². The summed E-state index contributed by atoms with van der Waals surface area (Å²) in [5.41, 5.74) is 0.804. The third-order valence-corrected chi connectivity index (χ3v) is 5.07. The molecule has 1 aliphatic heterocycles. The molecule has 1 aliphatic rings. The summed E-state index contributed by atoms with van der Waals surface area (Å²) < 4.78 is 18.5. The lowest BCUT2D eigenvalue weighted by Crippen LogP contribution is -2.42. The molecule has 0 saturated carbocycles. The molecule has 0 aliphatic carbocycles. The lowest BCUT2D eigenvalue weighted by Gasteiger charge is -2.33. The van der Waals surface area contributed by atoms with Gasteiger partial charge in [-0.3, -0.25) is 9.69 Å². The van der Waals surface area contributed by atoms with E-state index in [0.29, 0.717) is 6.54 Å².